The largest absolute Gasteiger partial charge is 0.310 e. The third-order valence-corrected chi connectivity index (χ3v) is 3.84. The van der Waals surface area contributed by atoms with Crippen LogP contribution in [0.5, 0.6) is 0 Å². The average molecular weight is 249 g/mol. The maximum atomic E-state index is 3.67. The van der Waals surface area contributed by atoms with Crippen molar-refractivity contribution in [3.63, 3.8) is 0 Å². The van der Waals surface area contributed by atoms with Crippen LogP contribution in [0.1, 0.15) is 72.6 Å². The summed E-state index contributed by atoms with van der Waals surface area (Å²) >= 11 is 0. The van der Waals surface area contributed by atoms with Crippen LogP contribution in [-0.2, 0) is 0 Å². The number of allylic oxidation sites excluding steroid dienone is 2. The molecule has 0 heterocycles. The highest BCUT2D eigenvalue weighted by Gasteiger charge is 2.20. The predicted octanol–water partition coefficient (Wildman–Crippen LogP) is 4.99. The van der Waals surface area contributed by atoms with Crippen LogP contribution in [0.4, 0.5) is 0 Å². The first-order valence-electron chi connectivity index (χ1n) is 7.89. The molecule has 1 rings (SSSR count). The molecule has 1 unspecified atom stereocenters. The SMILES string of the molecule is CCCCNC(C)C1=CCC(CCC)=C1CCC. The summed E-state index contributed by atoms with van der Waals surface area (Å²) in [7, 11) is 0. The van der Waals surface area contributed by atoms with Crippen LogP contribution < -0.4 is 5.32 Å². The van der Waals surface area contributed by atoms with Crippen molar-refractivity contribution in [3.05, 3.63) is 22.8 Å². The summed E-state index contributed by atoms with van der Waals surface area (Å²) in [5, 5.41) is 3.67. The molecule has 0 aliphatic heterocycles. The van der Waals surface area contributed by atoms with Gasteiger partial charge in [-0.1, -0.05) is 51.7 Å². The zero-order chi connectivity index (χ0) is 13.4. The summed E-state index contributed by atoms with van der Waals surface area (Å²) in [5.74, 6) is 0. The summed E-state index contributed by atoms with van der Waals surface area (Å²) in [6, 6.07) is 0.535. The van der Waals surface area contributed by atoms with Crippen molar-refractivity contribution in [3.8, 4) is 0 Å². The minimum Gasteiger partial charge on any atom is -0.310 e. The zero-order valence-electron chi connectivity index (χ0n) is 12.8. The van der Waals surface area contributed by atoms with Crippen LogP contribution in [0.2, 0.25) is 0 Å². The van der Waals surface area contributed by atoms with E-state index in [2.05, 4.69) is 39.1 Å². The molecule has 1 N–H and O–H groups in total. The van der Waals surface area contributed by atoms with Crippen molar-refractivity contribution in [2.24, 2.45) is 0 Å². The van der Waals surface area contributed by atoms with E-state index in [1.54, 1.807) is 16.7 Å². The standard InChI is InChI=1S/C17H31N/c1-5-8-13-18-14(4)16-12-11-15(9-6-2)17(16)10-7-3/h12,14,18H,5-11,13H2,1-4H3. The topological polar surface area (TPSA) is 12.0 Å². The van der Waals surface area contributed by atoms with Gasteiger partial charge in [-0.15, -0.1) is 0 Å². The lowest BCUT2D eigenvalue weighted by atomic mass is 9.95. The van der Waals surface area contributed by atoms with Crippen molar-refractivity contribution in [2.75, 3.05) is 6.54 Å². The fraction of sp³-hybridized carbons (Fsp3) is 0.765. The molecule has 0 spiro atoms. The summed E-state index contributed by atoms with van der Waals surface area (Å²) < 4.78 is 0. The second-order valence-electron chi connectivity index (χ2n) is 5.48. The lowest BCUT2D eigenvalue weighted by Gasteiger charge is -2.19. The Morgan fingerprint density at radius 3 is 2.44 bits per heavy atom. The van der Waals surface area contributed by atoms with E-state index in [9.17, 15) is 0 Å². The fourth-order valence-corrected chi connectivity index (χ4v) is 2.85. The van der Waals surface area contributed by atoms with E-state index < -0.39 is 0 Å². The molecule has 1 heteroatoms. The maximum Gasteiger partial charge on any atom is 0.0291 e. The maximum absolute atomic E-state index is 3.67. The van der Waals surface area contributed by atoms with Crippen LogP contribution in [0.3, 0.4) is 0 Å². The molecule has 1 atom stereocenters. The van der Waals surface area contributed by atoms with Gasteiger partial charge in [0.05, 0.1) is 0 Å². The summed E-state index contributed by atoms with van der Waals surface area (Å²) in [6.45, 7) is 10.3. The van der Waals surface area contributed by atoms with Crippen molar-refractivity contribution >= 4 is 0 Å². The molecule has 0 fully saturated rings. The molecule has 1 aliphatic carbocycles. The quantitative estimate of drug-likeness (QED) is 0.568. The van der Waals surface area contributed by atoms with Gasteiger partial charge in [-0.2, -0.15) is 0 Å². The third kappa shape index (κ3) is 4.28. The Balaban J connectivity index is 2.63. The Hall–Kier alpha value is -0.560. The van der Waals surface area contributed by atoms with E-state index in [1.165, 1.54) is 44.9 Å². The van der Waals surface area contributed by atoms with Crippen LogP contribution >= 0.6 is 0 Å². The highest BCUT2D eigenvalue weighted by Crippen LogP contribution is 2.34. The normalized spacial score (nSPS) is 17.2. The molecule has 0 saturated carbocycles. The minimum atomic E-state index is 0.535. The Morgan fingerprint density at radius 1 is 1.11 bits per heavy atom. The molecule has 1 aliphatic rings. The molecular formula is C17H31N. The molecule has 0 aromatic heterocycles. The van der Waals surface area contributed by atoms with Gasteiger partial charge >= 0.3 is 0 Å². The van der Waals surface area contributed by atoms with Gasteiger partial charge in [0, 0.05) is 6.04 Å². The van der Waals surface area contributed by atoms with E-state index in [0.717, 1.165) is 6.54 Å². The lowest BCUT2D eigenvalue weighted by molar-refractivity contribution is 0.582. The van der Waals surface area contributed by atoms with E-state index in [4.69, 9.17) is 0 Å². The number of hydrogen-bond donors (Lipinski definition) is 1. The Bertz CT molecular complexity index is 299. The summed E-state index contributed by atoms with van der Waals surface area (Å²) in [4.78, 5) is 0. The first kappa shape index (κ1) is 15.5. The minimum absolute atomic E-state index is 0.535. The van der Waals surface area contributed by atoms with Gasteiger partial charge in [-0.3, -0.25) is 0 Å². The molecule has 18 heavy (non-hydrogen) atoms. The van der Waals surface area contributed by atoms with Crippen molar-refractivity contribution < 1.29 is 0 Å². The molecule has 0 saturated heterocycles. The fourth-order valence-electron chi connectivity index (χ4n) is 2.85. The predicted molar refractivity (Wildman–Crippen MR) is 81.9 cm³/mol. The van der Waals surface area contributed by atoms with Crippen LogP contribution in [-0.4, -0.2) is 12.6 Å². The van der Waals surface area contributed by atoms with Gasteiger partial charge in [-0.25, -0.2) is 0 Å². The summed E-state index contributed by atoms with van der Waals surface area (Å²) in [5.41, 5.74) is 4.98. The third-order valence-electron chi connectivity index (χ3n) is 3.84. The lowest BCUT2D eigenvalue weighted by Crippen LogP contribution is -2.29. The molecular weight excluding hydrogens is 218 g/mol. The average Bonchev–Trinajstić information content (AvgIpc) is 2.74. The van der Waals surface area contributed by atoms with E-state index in [-0.39, 0.29) is 0 Å². The van der Waals surface area contributed by atoms with E-state index in [1.807, 2.05) is 0 Å². The van der Waals surface area contributed by atoms with Crippen LogP contribution in [0.25, 0.3) is 0 Å². The molecule has 0 amide bonds. The Labute approximate surface area is 114 Å². The summed E-state index contributed by atoms with van der Waals surface area (Å²) in [6.07, 6.45) is 11.3. The smallest absolute Gasteiger partial charge is 0.0291 e. The molecule has 0 bridgehead atoms. The van der Waals surface area contributed by atoms with Crippen LogP contribution in [0.15, 0.2) is 22.8 Å². The van der Waals surface area contributed by atoms with Crippen molar-refractivity contribution in [1.82, 2.24) is 5.32 Å². The molecule has 0 aromatic carbocycles. The van der Waals surface area contributed by atoms with Crippen LogP contribution in [0, 0.1) is 0 Å². The monoisotopic (exact) mass is 249 g/mol. The second kappa shape index (κ2) is 8.53. The Morgan fingerprint density at radius 2 is 1.83 bits per heavy atom. The van der Waals surface area contributed by atoms with Gasteiger partial charge in [-0.05, 0) is 50.3 Å². The second-order valence-corrected chi connectivity index (χ2v) is 5.48. The van der Waals surface area contributed by atoms with E-state index >= 15 is 0 Å². The first-order chi connectivity index (χ1) is 8.74. The van der Waals surface area contributed by atoms with Gasteiger partial charge in [0.2, 0.25) is 0 Å². The zero-order valence-corrected chi connectivity index (χ0v) is 12.8. The Kier molecular flexibility index (Phi) is 7.34. The van der Waals surface area contributed by atoms with E-state index in [0.29, 0.717) is 6.04 Å². The van der Waals surface area contributed by atoms with Gasteiger partial charge < -0.3 is 5.32 Å². The first-order valence-corrected chi connectivity index (χ1v) is 7.89. The molecule has 0 radical (unpaired) electrons. The van der Waals surface area contributed by atoms with Crippen molar-refractivity contribution in [1.29, 1.82) is 0 Å². The van der Waals surface area contributed by atoms with Crippen molar-refractivity contribution in [2.45, 2.75) is 78.7 Å². The highest BCUT2D eigenvalue weighted by molar-refractivity contribution is 5.45. The number of nitrogens with one attached hydrogen (secondary N) is 1. The number of rotatable bonds is 9. The molecule has 1 nitrogen and oxygen atoms in total. The van der Waals surface area contributed by atoms with Gasteiger partial charge in [0.15, 0.2) is 0 Å². The molecule has 104 valence electrons. The number of hydrogen-bond acceptors (Lipinski definition) is 1. The highest BCUT2D eigenvalue weighted by atomic mass is 14.9. The van der Waals surface area contributed by atoms with Gasteiger partial charge in [0.25, 0.3) is 0 Å². The number of unbranched alkanes of at least 4 members (excludes halogenated alkanes) is 1. The van der Waals surface area contributed by atoms with Gasteiger partial charge in [0.1, 0.15) is 0 Å². The molecule has 0 aromatic rings.